The molecular formula is C19H23N5O2S. The van der Waals surface area contributed by atoms with E-state index in [4.69, 9.17) is 4.52 Å². The van der Waals surface area contributed by atoms with Crippen molar-refractivity contribution in [1.29, 1.82) is 0 Å². The molecule has 0 aliphatic rings. The lowest BCUT2D eigenvalue weighted by Gasteiger charge is -2.09. The maximum Gasteiger partial charge on any atom is 0.251 e. The highest BCUT2D eigenvalue weighted by molar-refractivity contribution is 7.98. The van der Waals surface area contributed by atoms with E-state index in [1.807, 2.05) is 49.1 Å². The Morgan fingerprint density at radius 2 is 2.22 bits per heavy atom. The summed E-state index contributed by atoms with van der Waals surface area (Å²) in [5.41, 5.74) is 1.53. The molecular weight excluding hydrogens is 362 g/mol. The molecule has 1 amide bonds. The zero-order valence-electron chi connectivity index (χ0n) is 15.7. The molecule has 0 atom stereocenters. The van der Waals surface area contributed by atoms with Gasteiger partial charge in [0, 0.05) is 42.5 Å². The molecule has 0 radical (unpaired) electrons. The third kappa shape index (κ3) is 4.77. The van der Waals surface area contributed by atoms with Crippen LogP contribution in [0.2, 0.25) is 0 Å². The number of carbonyl (C=O) groups excluding carboxylic acids is 1. The maximum atomic E-state index is 12.4. The van der Waals surface area contributed by atoms with E-state index in [1.165, 1.54) is 0 Å². The van der Waals surface area contributed by atoms with E-state index < -0.39 is 0 Å². The van der Waals surface area contributed by atoms with Crippen LogP contribution in [0.15, 0.2) is 46.3 Å². The van der Waals surface area contributed by atoms with Gasteiger partial charge in [0.1, 0.15) is 0 Å². The maximum absolute atomic E-state index is 12.4. The minimum atomic E-state index is -0.101. The zero-order chi connectivity index (χ0) is 19.2. The lowest BCUT2D eigenvalue weighted by molar-refractivity contribution is 0.0953. The van der Waals surface area contributed by atoms with Crippen LogP contribution >= 0.6 is 11.8 Å². The number of rotatable bonds is 8. The van der Waals surface area contributed by atoms with Gasteiger partial charge in [0.15, 0.2) is 11.0 Å². The molecule has 3 rings (SSSR count). The van der Waals surface area contributed by atoms with Crippen LogP contribution in [-0.4, -0.2) is 38.4 Å². The Morgan fingerprint density at radius 3 is 2.96 bits per heavy atom. The molecule has 142 valence electrons. The van der Waals surface area contributed by atoms with E-state index in [0.717, 1.165) is 23.1 Å². The molecule has 0 aliphatic heterocycles. The van der Waals surface area contributed by atoms with E-state index >= 15 is 0 Å². The number of nitrogens with one attached hydrogen (secondary N) is 1. The number of aromatic nitrogens is 4. The normalized spacial score (nSPS) is 11.1. The fourth-order valence-electron chi connectivity index (χ4n) is 2.58. The van der Waals surface area contributed by atoms with Crippen LogP contribution in [0.25, 0.3) is 5.69 Å². The van der Waals surface area contributed by atoms with Crippen molar-refractivity contribution in [1.82, 2.24) is 25.0 Å². The van der Waals surface area contributed by atoms with Gasteiger partial charge in [-0.1, -0.05) is 36.8 Å². The Kier molecular flexibility index (Phi) is 6.28. The Hall–Kier alpha value is -2.61. The van der Waals surface area contributed by atoms with Crippen molar-refractivity contribution < 1.29 is 9.32 Å². The first-order valence-corrected chi connectivity index (χ1v) is 10.1. The monoisotopic (exact) mass is 385 g/mol. The summed E-state index contributed by atoms with van der Waals surface area (Å²) in [7, 11) is 0. The van der Waals surface area contributed by atoms with Gasteiger partial charge in [-0.2, -0.15) is 4.98 Å². The van der Waals surface area contributed by atoms with E-state index in [-0.39, 0.29) is 11.8 Å². The molecule has 0 unspecified atom stereocenters. The minimum absolute atomic E-state index is 0.101. The summed E-state index contributed by atoms with van der Waals surface area (Å²) in [6.07, 6.45) is 7.00. The molecule has 8 heteroatoms. The van der Waals surface area contributed by atoms with Crippen molar-refractivity contribution in [3.05, 3.63) is 53.9 Å². The Bertz CT molecular complexity index is 903. The molecule has 1 N–H and O–H groups in total. The highest BCUT2D eigenvalue weighted by Gasteiger charge is 2.11. The van der Waals surface area contributed by atoms with Gasteiger partial charge in [-0.3, -0.25) is 9.36 Å². The number of hydrogen-bond donors (Lipinski definition) is 1. The number of carbonyl (C=O) groups is 1. The molecule has 1 aromatic carbocycles. The van der Waals surface area contributed by atoms with Gasteiger partial charge in [-0.05, 0) is 30.9 Å². The number of hydrogen-bond acceptors (Lipinski definition) is 6. The third-order valence-corrected chi connectivity index (χ3v) is 4.70. The van der Waals surface area contributed by atoms with E-state index in [0.29, 0.717) is 24.4 Å². The number of benzene rings is 1. The SMILES string of the molecule is CSc1nccn1-c1cccc(C(=O)NCCCc2nc(C(C)C)no2)c1. The van der Waals surface area contributed by atoms with Gasteiger partial charge in [-0.25, -0.2) is 4.98 Å². The average Bonchev–Trinajstić information content (AvgIpc) is 3.34. The summed E-state index contributed by atoms with van der Waals surface area (Å²) in [5, 5.41) is 7.77. The molecule has 0 fully saturated rings. The Morgan fingerprint density at radius 1 is 1.37 bits per heavy atom. The van der Waals surface area contributed by atoms with Crippen molar-refractivity contribution in [2.75, 3.05) is 12.8 Å². The molecule has 3 aromatic rings. The summed E-state index contributed by atoms with van der Waals surface area (Å²) in [6.45, 7) is 4.59. The number of aryl methyl sites for hydroxylation is 1. The second kappa shape index (κ2) is 8.85. The molecule has 7 nitrogen and oxygen atoms in total. The van der Waals surface area contributed by atoms with Crippen molar-refractivity contribution >= 4 is 17.7 Å². The molecule has 0 aliphatic carbocycles. The quantitative estimate of drug-likeness (QED) is 0.472. The fraction of sp³-hybridized carbons (Fsp3) is 0.368. The number of imidazole rings is 1. The highest BCUT2D eigenvalue weighted by atomic mass is 32.2. The molecule has 2 heterocycles. The van der Waals surface area contributed by atoms with Gasteiger partial charge in [0.05, 0.1) is 0 Å². The van der Waals surface area contributed by atoms with E-state index in [2.05, 4.69) is 20.4 Å². The summed E-state index contributed by atoms with van der Waals surface area (Å²) in [5.74, 6) is 1.47. The minimum Gasteiger partial charge on any atom is -0.352 e. The Labute approximate surface area is 162 Å². The molecule has 0 spiro atoms. The first-order chi connectivity index (χ1) is 13.1. The van der Waals surface area contributed by atoms with Crippen molar-refractivity contribution in [2.45, 2.75) is 37.8 Å². The number of nitrogens with zero attached hydrogens (tertiary/aromatic N) is 4. The van der Waals surface area contributed by atoms with Gasteiger partial charge < -0.3 is 9.84 Å². The van der Waals surface area contributed by atoms with Crippen LogP contribution in [-0.2, 0) is 6.42 Å². The van der Waals surface area contributed by atoms with Gasteiger partial charge in [0.2, 0.25) is 5.89 Å². The average molecular weight is 385 g/mol. The van der Waals surface area contributed by atoms with Crippen LogP contribution in [0.3, 0.4) is 0 Å². The molecule has 27 heavy (non-hydrogen) atoms. The van der Waals surface area contributed by atoms with Crippen LogP contribution in [0.4, 0.5) is 0 Å². The van der Waals surface area contributed by atoms with E-state index in [9.17, 15) is 4.79 Å². The second-order valence-corrected chi connectivity index (χ2v) is 7.17. The summed E-state index contributed by atoms with van der Waals surface area (Å²) >= 11 is 1.56. The van der Waals surface area contributed by atoms with Crippen molar-refractivity contribution in [3.63, 3.8) is 0 Å². The predicted octanol–water partition coefficient (Wildman–Crippen LogP) is 3.46. The summed E-state index contributed by atoms with van der Waals surface area (Å²) < 4.78 is 7.17. The Balaban J connectivity index is 1.54. The molecule has 2 aromatic heterocycles. The van der Waals surface area contributed by atoms with Crippen LogP contribution in [0.5, 0.6) is 0 Å². The standard InChI is InChI=1S/C19H23N5O2S/c1-13(2)17-22-16(26-23-17)8-5-9-20-18(25)14-6-4-7-15(12-14)24-11-10-21-19(24)27-3/h4,6-7,10-13H,5,8-9H2,1-3H3,(H,20,25). The lowest BCUT2D eigenvalue weighted by Crippen LogP contribution is -2.24. The highest BCUT2D eigenvalue weighted by Crippen LogP contribution is 2.19. The van der Waals surface area contributed by atoms with E-state index in [1.54, 1.807) is 24.0 Å². The third-order valence-electron chi connectivity index (χ3n) is 4.03. The second-order valence-electron chi connectivity index (χ2n) is 6.39. The van der Waals surface area contributed by atoms with Gasteiger partial charge in [0.25, 0.3) is 5.91 Å². The number of thioether (sulfide) groups is 1. The predicted molar refractivity (Wildman–Crippen MR) is 104 cm³/mol. The summed E-state index contributed by atoms with van der Waals surface area (Å²) in [4.78, 5) is 21.1. The van der Waals surface area contributed by atoms with Crippen LogP contribution < -0.4 is 5.32 Å². The zero-order valence-corrected chi connectivity index (χ0v) is 16.5. The first-order valence-electron chi connectivity index (χ1n) is 8.87. The van der Waals surface area contributed by atoms with Crippen molar-refractivity contribution in [3.8, 4) is 5.69 Å². The topological polar surface area (TPSA) is 85.8 Å². The number of amides is 1. The van der Waals surface area contributed by atoms with Gasteiger partial charge in [-0.15, -0.1) is 0 Å². The van der Waals surface area contributed by atoms with Crippen molar-refractivity contribution in [2.24, 2.45) is 0 Å². The molecule has 0 saturated carbocycles. The smallest absolute Gasteiger partial charge is 0.251 e. The van der Waals surface area contributed by atoms with Crippen LogP contribution in [0.1, 0.15) is 48.3 Å². The van der Waals surface area contributed by atoms with Gasteiger partial charge >= 0.3 is 0 Å². The van der Waals surface area contributed by atoms with Crippen LogP contribution in [0, 0.1) is 0 Å². The fourth-order valence-corrected chi connectivity index (χ4v) is 3.11. The largest absolute Gasteiger partial charge is 0.352 e. The molecule has 0 bridgehead atoms. The molecule has 0 saturated heterocycles. The lowest BCUT2D eigenvalue weighted by atomic mass is 10.2. The first kappa shape index (κ1) is 19.2. The summed E-state index contributed by atoms with van der Waals surface area (Å²) in [6, 6.07) is 7.51.